The molecule has 1 aliphatic carbocycles. The van der Waals surface area contributed by atoms with E-state index in [0.717, 1.165) is 11.1 Å². The molecule has 1 aromatic carbocycles. The van der Waals surface area contributed by atoms with Crippen LogP contribution >= 0.6 is 23.2 Å². The summed E-state index contributed by atoms with van der Waals surface area (Å²) in [5.74, 6) is -1.76. The molecule has 0 unspecified atom stereocenters. The highest BCUT2D eigenvalue weighted by Crippen LogP contribution is 2.33. The van der Waals surface area contributed by atoms with E-state index in [1.165, 1.54) is 0 Å². The molecule has 1 aromatic rings. The van der Waals surface area contributed by atoms with Gasteiger partial charge in [-0.2, -0.15) is 0 Å². The molecule has 3 amide bonds. The fourth-order valence-electron chi connectivity index (χ4n) is 2.38. The van der Waals surface area contributed by atoms with Gasteiger partial charge in [-0.3, -0.25) is 14.9 Å². The summed E-state index contributed by atoms with van der Waals surface area (Å²) in [5.41, 5.74) is 1.80. The zero-order chi connectivity index (χ0) is 16.1. The second-order valence-electron chi connectivity index (χ2n) is 4.70. The van der Waals surface area contributed by atoms with Gasteiger partial charge in [0.2, 0.25) is 5.91 Å². The number of amides is 3. The summed E-state index contributed by atoms with van der Waals surface area (Å²) < 4.78 is 5.26. The van der Waals surface area contributed by atoms with Gasteiger partial charge < -0.3 is 10.1 Å². The molecule has 22 heavy (non-hydrogen) atoms. The molecule has 1 aliphatic rings. The molecule has 0 fully saturated rings. The van der Waals surface area contributed by atoms with Gasteiger partial charge in [0.05, 0.1) is 6.04 Å². The fraction of sp³-hybridized carbons (Fsp3) is 0.357. The van der Waals surface area contributed by atoms with Gasteiger partial charge in [0.25, 0.3) is 0 Å². The van der Waals surface area contributed by atoms with Crippen LogP contribution in [-0.4, -0.2) is 35.8 Å². The van der Waals surface area contributed by atoms with E-state index in [0.29, 0.717) is 6.42 Å². The Kier molecular flexibility index (Phi) is 5.63. The normalized spacial score (nSPS) is 19.2. The number of ether oxygens (including phenoxy) is 1. The zero-order valence-electron chi connectivity index (χ0n) is 11.5. The van der Waals surface area contributed by atoms with Gasteiger partial charge in [-0.1, -0.05) is 24.3 Å². The third-order valence-corrected chi connectivity index (χ3v) is 3.70. The minimum atomic E-state index is -0.695. The molecule has 2 rings (SSSR count). The number of imide groups is 1. The van der Waals surface area contributed by atoms with Crippen molar-refractivity contribution in [1.82, 2.24) is 10.6 Å². The topological polar surface area (TPSA) is 84.5 Å². The van der Waals surface area contributed by atoms with Gasteiger partial charge in [0.1, 0.15) is 17.9 Å². The molecule has 0 aliphatic heterocycles. The van der Waals surface area contributed by atoms with Crippen LogP contribution in [-0.2, 0) is 20.7 Å². The van der Waals surface area contributed by atoms with Crippen molar-refractivity contribution < 1.29 is 19.1 Å². The Morgan fingerprint density at radius 2 is 1.91 bits per heavy atom. The summed E-state index contributed by atoms with van der Waals surface area (Å²) >= 11 is 10.8. The first-order valence-corrected chi connectivity index (χ1v) is 7.61. The van der Waals surface area contributed by atoms with Crippen LogP contribution in [0.2, 0.25) is 0 Å². The number of carbonyl (C=O) groups excluding carboxylic acids is 3. The molecule has 2 atom stereocenters. The third kappa shape index (κ3) is 3.90. The number of halogens is 2. The molecule has 0 radical (unpaired) electrons. The van der Waals surface area contributed by atoms with E-state index < -0.39 is 30.1 Å². The molecule has 0 heterocycles. The van der Waals surface area contributed by atoms with Gasteiger partial charge in [-0.05, 0) is 11.1 Å². The van der Waals surface area contributed by atoms with Gasteiger partial charge in [0.15, 0.2) is 0 Å². The number of esters is 1. The molecule has 6 nitrogen and oxygen atoms in total. The van der Waals surface area contributed by atoms with Gasteiger partial charge in [0, 0.05) is 6.42 Å². The van der Waals surface area contributed by atoms with Crippen LogP contribution in [0.5, 0.6) is 0 Å². The predicted octanol–water partition coefficient (Wildman–Crippen LogP) is 1.50. The summed E-state index contributed by atoms with van der Waals surface area (Å²) in [7, 11) is 0. The predicted molar refractivity (Wildman–Crippen MR) is 80.9 cm³/mol. The lowest BCUT2D eigenvalue weighted by atomic mass is 10.1. The lowest BCUT2D eigenvalue weighted by Gasteiger charge is -2.21. The average Bonchev–Trinajstić information content (AvgIpc) is 2.84. The van der Waals surface area contributed by atoms with Crippen LogP contribution in [0, 0.1) is 0 Å². The van der Waals surface area contributed by atoms with E-state index in [1.54, 1.807) is 0 Å². The van der Waals surface area contributed by atoms with Crippen molar-refractivity contribution in [3.8, 4) is 0 Å². The first-order valence-electron chi connectivity index (χ1n) is 6.54. The summed E-state index contributed by atoms with van der Waals surface area (Å²) in [4.78, 5) is 34.4. The Hall–Kier alpha value is -1.79. The Labute approximate surface area is 137 Å². The van der Waals surface area contributed by atoms with Crippen molar-refractivity contribution in [3.63, 3.8) is 0 Å². The molecule has 0 saturated carbocycles. The maximum atomic E-state index is 11.8. The number of hydrogen-bond donors (Lipinski definition) is 2. The molecular formula is C14H14Cl2N2O4. The third-order valence-electron chi connectivity index (χ3n) is 3.24. The van der Waals surface area contributed by atoms with Crippen molar-refractivity contribution in [1.29, 1.82) is 0 Å². The van der Waals surface area contributed by atoms with Crippen molar-refractivity contribution in [2.75, 3.05) is 11.8 Å². The number of nitrogens with one attached hydrogen (secondary N) is 2. The minimum absolute atomic E-state index is 0.267. The Balaban J connectivity index is 2.13. The molecule has 0 saturated heterocycles. The minimum Gasteiger partial charge on any atom is -0.459 e. The highest BCUT2D eigenvalue weighted by molar-refractivity contribution is 6.28. The zero-order valence-corrected chi connectivity index (χ0v) is 13.0. The Bertz CT molecular complexity index is 594. The van der Waals surface area contributed by atoms with Gasteiger partial charge >= 0.3 is 12.0 Å². The number of benzene rings is 1. The quantitative estimate of drug-likeness (QED) is 0.640. The molecular weight excluding hydrogens is 331 g/mol. The average molecular weight is 345 g/mol. The second kappa shape index (κ2) is 7.47. The summed E-state index contributed by atoms with van der Waals surface area (Å²) in [6.45, 7) is 0. The summed E-state index contributed by atoms with van der Waals surface area (Å²) in [6, 6.07) is 6.16. The number of hydrogen-bond acceptors (Lipinski definition) is 4. The Morgan fingerprint density at radius 1 is 1.18 bits per heavy atom. The van der Waals surface area contributed by atoms with Crippen LogP contribution in [0.15, 0.2) is 24.3 Å². The molecule has 0 bridgehead atoms. The van der Waals surface area contributed by atoms with Crippen molar-refractivity contribution in [3.05, 3.63) is 35.4 Å². The highest BCUT2D eigenvalue weighted by Gasteiger charge is 2.36. The van der Waals surface area contributed by atoms with Crippen molar-refractivity contribution >= 4 is 41.1 Å². The summed E-state index contributed by atoms with van der Waals surface area (Å²) in [5, 5.41) is 4.72. The van der Waals surface area contributed by atoms with E-state index in [-0.39, 0.29) is 11.8 Å². The maximum absolute atomic E-state index is 11.8. The molecule has 0 aromatic heterocycles. The number of carbonyl (C=O) groups is 3. The summed E-state index contributed by atoms with van der Waals surface area (Å²) in [6.07, 6.45) is -0.104. The first kappa shape index (κ1) is 16.6. The molecule has 118 valence electrons. The maximum Gasteiger partial charge on any atom is 0.322 e. The molecule has 2 N–H and O–H groups in total. The lowest BCUT2D eigenvalue weighted by Crippen LogP contribution is -2.44. The van der Waals surface area contributed by atoms with Crippen LogP contribution in [0.4, 0.5) is 4.79 Å². The van der Waals surface area contributed by atoms with Crippen LogP contribution in [0.1, 0.15) is 17.2 Å². The standard InChI is InChI=1S/C14H14Cl2N2O4/c15-6-11(19)17-14(21)18-13-9-4-2-1-3-8(9)5-10(13)22-12(20)7-16/h1-4,10,13H,5-7H2,(H2,17,18,19,21)/t10-,13+/m1/s1. The lowest BCUT2D eigenvalue weighted by molar-refractivity contribution is -0.146. The highest BCUT2D eigenvalue weighted by atomic mass is 35.5. The van der Waals surface area contributed by atoms with Crippen molar-refractivity contribution in [2.45, 2.75) is 18.6 Å². The first-order chi connectivity index (χ1) is 10.5. The number of urea groups is 1. The van der Waals surface area contributed by atoms with E-state index in [2.05, 4.69) is 10.6 Å². The molecule has 0 spiro atoms. The van der Waals surface area contributed by atoms with Gasteiger partial charge in [-0.15, -0.1) is 23.2 Å². The monoisotopic (exact) mass is 344 g/mol. The number of fused-ring (bicyclic) bond motifs is 1. The van der Waals surface area contributed by atoms with Crippen LogP contribution < -0.4 is 10.6 Å². The van der Waals surface area contributed by atoms with E-state index in [1.807, 2.05) is 24.3 Å². The number of alkyl halides is 2. The van der Waals surface area contributed by atoms with E-state index in [9.17, 15) is 14.4 Å². The van der Waals surface area contributed by atoms with Gasteiger partial charge in [-0.25, -0.2) is 4.79 Å². The molecule has 8 heteroatoms. The number of rotatable bonds is 4. The van der Waals surface area contributed by atoms with Crippen LogP contribution in [0.3, 0.4) is 0 Å². The Morgan fingerprint density at radius 3 is 2.59 bits per heavy atom. The largest absolute Gasteiger partial charge is 0.459 e. The fourth-order valence-corrected chi connectivity index (χ4v) is 2.51. The SMILES string of the molecule is O=C(CCl)NC(=O)N[C@H]1c2ccccc2C[C@H]1OC(=O)CCl. The second-order valence-corrected chi connectivity index (χ2v) is 5.23. The van der Waals surface area contributed by atoms with E-state index >= 15 is 0 Å². The van der Waals surface area contributed by atoms with Crippen LogP contribution in [0.25, 0.3) is 0 Å². The van der Waals surface area contributed by atoms with Crippen molar-refractivity contribution in [2.24, 2.45) is 0 Å². The van der Waals surface area contributed by atoms with E-state index in [4.69, 9.17) is 27.9 Å². The smallest absolute Gasteiger partial charge is 0.322 e.